The van der Waals surface area contributed by atoms with Crippen LogP contribution >= 0.6 is 0 Å². The lowest BCUT2D eigenvalue weighted by Crippen LogP contribution is -2.38. The molecule has 1 aliphatic rings. The molecule has 0 radical (unpaired) electrons. The lowest BCUT2D eigenvalue weighted by molar-refractivity contribution is -0.120. The maximum Gasteiger partial charge on any atom is 0.258 e. The van der Waals surface area contributed by atoms with E-state index < -0.39 is 0 Å². The SMILES string of the molecule is Cc1ccccc1C(=O)N(Cc1ccc(F)cc1)c1cccc(CC(=O)NCCCN2CCOCC2)c1. The van der Waals surface area contributed by atoms with Gasteiger partial charge in [-0.15, -0.1) is 0 Å². The number of amides is 2. The Hall–Kier alpha value is -3.55. The molecular formula is C30H34FN3O3. The summed E-state index contributed by atoms with van der Waals surface area (Å²) in [5, 5.41) is 3.01. The van der Waals surface area contributed by atoms with Crippen molar-refractivity contribution < 1.29 is 18.7 Å². The standard InChI is InChI=1S/C30H34FN3O3/c1-23-6-2-3-9-28(23)30(36)34(22-24-10-12-26(31)13-11-24)27-8-4-7-25(20-27)21-29(35)32-14-5-15-33-16-18-37-19-17-33/h2-4,6-13,20H,5,14-19,21-22H2,1H3,(H,32,35). The minimum Gasteiger partial charge on any atom is -0.379 e. The number of carbonyl (C=O) groups is 2. The first kappa shape index (κ1) is 26.5. The summed E-state index contributed by atoms with van der Waals surface area (Å²) in [5.74, 6) is -0.514. The Bertz CT molecular complexity index is 1190. The average Bonchev–Trinajstić information content (AvgIpc) is 2.91. The second kappa shape index (κ2) is 13.1. The van der Waals surface area contributed by atoms with Gasteiger partial charge >= 0.3 is 0 Å². The fraction of sp³-hybridized carbons (Fsp3) is 0.333. The van der Waals surface area contributed by atoms with Crippen molar-refractivity contribution in [2.45, 2.75) is 26.3 Å². The zero-order valence-corrected chi connectivity index (χ0v) is 21.3. The average molecular weight is 504 g/mol. The topological polar surface area (TPSA) is 61.9 Å². The molecule has 1 N–H and O–H groups in total. The van der Waals surface area contributed by atoms with E-state index in [-0.39, 0.29) is 30.6 Å². The third kappa shape index (κ3) is 7.71. The summed E-state index contributed by atoms with van der Waals surface area (Å²) < 4.78 is 18.8. The van der Waals surface area contributed by atoms with Crippen LogP contribution in [-0.4, -0.2) is 56.1 Å². The van der Waals surface area contributed by atoms with Crippen LogP contribution in [0.4, 0.5) is 10.1 Å². The van der Waals surface area contributed by atoms with Crippen molar-refractivity contribution in [3.8, 4) is 0 Å². The van der Waals surface area contributed by atoms with E-state index in [9.17, 15) is 14.0 Å². The zero-order valence-electron chi connectivity index (χ0n) is 21.3. The van der Waals surface area contributed by atoms with Gasteiger partial charge < -0.3 is 15.0 Å². The van der Waals surface area contributed by atoms with Crippen molar-refractivity contribution in [3.63, 3.8) is 0 Å². The van der Waals surface area contributed by atoms with Crippen molar-refractivity contribution >= 4 is 17.5 Å². The maximum atomic E-state index is 13.6. The van der Waals surface area contributed by atoms with Crippen LogP contribution in [0.1, 0.15) is 33.5 Å². The van der Waals surface area contributed by atoms with E-state index >= 15 is 0 Å². The molecule has 2 amide bonds. The highest BCUT2D eigenvalue weighted by Gasteiger charge is 2.20. The summed E-state index contributed by atoms with van der Waals surface area (Å²) in [4.78, 5) is 30.3. The van der Waals surface area contributed by atoms with E-state index in [2.05, 4.69) is 10.2 Å². The van der Waals surface area contributed by atoms with Gasteiger partial charge in [0, 0.05) is 30.9 Å². The molecule has 6 nitrogen and oxygen atoms in total. The first-order valence-electron chi connectivity index (χ1n) is 12.8. The van der Waals surface area contributed by atoms with Gasteiger partial charge in [-0.2, -0.15) is 0 Å². The summed E-state index contributed by atoms with van der Waals surface area (Å²) in [5.41, 5.74) is 3.81. The van der Waals surface area contributed by atoms with E-state index in [4.69, 9.17) is 4.74 Å². The van der Waals surface area contributed by atoms with Crippen molar-refractivity contribution in [2.24, 2.45) is 0 Å². The number of benzene rings is 3. The van der Waals surface area contributed by atoms with Crippen LogP contribution in [0.3, 0.4) is 0 Å². The van der Waals surface area contributed by atoms with E-state index in [0.717, 1.165) is 56.0 Å². The molecule has 0 atom stereocenters. The zero-order chi connectivity index (χ0) is 26.0. The Morgan fingerprint density at radius 3 is 2.49 bits per heavy atom. The lowest BCUT2D eigenvalue weighted by Gasteiger charge is -2.26. The van der Waals surface area contributed by atoms with Crippen LogP contribution in [-0.2, 0) is 22.5 Å². The van der Waals surface area contributed by atoms with E-state index in [1.165, 1.54) is 12.1 Å². The minimum atomic E-state index is -0.321. The van der Waals surface area contributed by atoms with Gasteiger partial charge in [-0.3, -0.25) is 14.5 Å². The van der Waals surface area contributed by atoms with E-state index in [1.54, 1.807) is 17.0 Å². The smallest absolute Gasteiger partial charge is 0.258 e. The number of nitrogens with one attached hydrogen (secondary N) is 1. The van der Waals surface area contributed by atoms with E-state index in [1.807, 2.05) is 55.5 Å². The number of nitrogens with zero attached hydrogens (tertiary/aromatic N) is 2. The summed E-state index contributed by atoms with van der Waals surface area (Å²) in [6.45, 7) is 7.18. The lowest BCUT2D eigenvalue weighted by atomic mass is 10.1. The third-order valence-corrected chi connectivity index (χ3v) is 6.54. The molecule has 194 valence electrons. The predicted molar refractivity (Wildman–Crippen MR) is 143 cm³/mol. The Morgan fingerprint density at radius 1 is 0.973 bits per heavy atom. The maximum absolute atomic E-state index is 13.6. The van der Waals surface area contributed by atoms with Crippen molar-refractivity contribution in [3.05, 3.63) is 101 Å². The van der Waals surface area contributed by atoms with Crippen molar-refractivity contribution in [1.82, 2.24) is 10.2 Å². The molecule has 1 fully saturated rings. The van der Waals surface area contributed by atoms with Gasteiger partial charge in [0.05, 0.1) is 26.2 Å². The number of halogens is 1. The number of morpholine rings is 1. The number of rotatable bonds is 10. The van der Waals surface area contributed by atoms with Crippen LogP contribution in [0.15, 0.2) is 72.8 Å². The molecule has 0 bridgehead atoms. The number of aryl methyl sites for hydroxylation is 1. The van der Waals surface area contributed by atoms with Gasteiger partial charge in [0.2, 0.25) is 5.91 Å². The number of carbonyl (C=O) groups excluding carboxylic acids is 2. The molecule has 0 aromatic heterocycles. The summed E-state index contributed by atoms with van der Waals surface area (Å²) >= 11 is 0. The Kier molecular flexibility index (Phi) is 9.40. The molecule has 1 aliphatic heterocycles. The molecule has 1 saturated heterocycles. The largest absolute Gasteiger partial charge is 0.379 e. The van der Waals surface area contributed by atoms with Crippen LogP contribution in [0.25, 0.3) is 0 Å². The van der Waals surface area contributed by atoms with Crippen LogP contribution in [0, 0.1) is 12.7 Å². The van der Waals surface area contributed by atoms with Gasteiger partial charge in [0.25, 0.3) is 5.91 Å². The fourth-order valence-corrected chi connectivity index (χ4v) is 4.45. The predicted octanol–water partition coefficient (Wildman–Crippen LogP) is 4.36. The van der Waals surface area contributed by atoms with Crippen molar-refractivity contribution in [1.29, 1.82) is 0 Å². The minimum absolute atomic E-state index is 0.0468. The third-order valence-electron chi connectivity index (χ3n) is 6.54. The monoisotopic (exact) mass is 503 g/mol. The number of anilines is 1. The molecule has 0 aliphatic carbocycles. The number of ether oxygens (including phenoxy) is 1. The molecule has 7 heteroatoms. The summed E-state index contributed by atoms with van der Waals surface area (Å²) in [6, 6.07) is 21.1. The molecule has 1 heterocycles. The van der Waals surface area contributed by atoms with Gasteiger partial charge in [0.15, 0.2) is 0 Å². The molecule has 3 aromatic carbocycles. The first-order chi connectivity index (χ1) is 18.0. The van der Waals surface area contributed by atoms with Gasteiger partial charge in [-0.1, -0.05) is 42.5 Å². The fourth-order valence-electron chi connectivity index (χ4n) is 4.45. The molecule has 0 spiro atoms. The number of hydrogen-bond acceptors (Lipinski definition) is 4. The van der Waals surface area contributed by atoms with Gasteiger partial charge in [-0.25, -0.2) is 4.39 Å². The first-order valence-corrected chi connectivity index (χ1v) is 12.8. The van der Waals surface area contributed by atoms with Crippen LogP contribution in [0.2, 0.25) is 0 Å². The highest BCUT2D eigenvalue weighted by molar-refractivity contribution is 6.07. The Morgan fingerprint density at radius 2 is 1.73 bits per heavy atom. The highest BCUT2D eigenvalue weighted by atomic mass is 19.1. The molecule has 3 aromatic rings. The summed E-state index contributed by atoms with van der Waals surface area (Å²) in [7, 11) is 0. The number of hydrogen-bond donors (Lipinski definition) is 1. The quantitative estimate of drug-likeness (QED) is 0.418. The van der Waals surface area contributed by atoms with Crippen molar-refractivity contribution in [2.75, 3.05) is 44.3 Å². The van der Waals surface area contributed by atoms with Crippen LogP contribution < -0.4 is 10.2 Å². The molecular weight excluding hydrogens is 469 g/mol. The van der Waals surface area contributed by atoms with E-state index in [0.29, 0.717) is 17.8 Å². The normalized spacial score (nSPS) is 13.8. The van der Waals surface area contributed by atoms with Gasteiger partial charge in [0.1, 0.15) is 5.82 Å². The Balaban J connectivity index is 1.44. The molecule has 0 unspecified atom stereocenters. The second-order valence-corrected chi connectivity index (χ2v) is 9.34. The highest BCUT2D eigenvalue weighted by Crippen LogP contribution is 2.23. The summed E-state index contributed by atoms with van der Waals surface area (Å²) in [6.07, 6.45) is 1.12. The molecule has 4 rings (SSSR count). The van der Waals surface area contributed by atoms with Gasteiger partial charge in [-0.05, 0) is 66.9 Å². The molecule has 37 heavy (non-hydrogen) atoms. The Labute approximate surface area is 218 Å². The second-order valence-electron chi connectivity index (χ2n) is 9.34. The van der Waals surface area contributed by atoms with Crippen LogP contribution in [0.5, 0.6) is 0 Å². The molecule has 0 saturated carbocycles.